The summed E-state index contributed by atoms with van der Waals surface area (Å²) in [7, 11) is 0. The Morgan fingerprint density at radius 3 is 3.15 bits per heavy atom. The average molecular weight is 276 g/mol. The molecule has 110 valence electrons. The molecule has 0 aliphatic carbocycles. The molecule has 1 aromatic heterocycles. The molecule has 2 aliphatic rings. The quantitative estimate of drug-likeness (QED) is 0.908. The second-order valence-corrected chi connectivity index (χ2v) is 5.82. The number of rotatable bonds is 4. The summed E-state index contributed by atoms with van der Waals surface area (Å²) in [6.07, 6.45) is 3.54. The lowest BCUT2D eigenvalue weighted by Gasteiger charge is -2.37. The Morgan fingerprint density at radius 1 is 1.40 bits per heavy atom. The van der Waals surface area contributed by atoms with Crippen LogP contribution in [0.2, 0.25) is 0 Å². The summed E-state index contributed by atoms with van der Waals surface area (Å²) in [5, 5.41) is 3.50. The molecule has 0 amide bonds. The summed E-state index contributed by atoms with van der Waals surface area (Å²) >= 11 is 0. The maximum atomic E-state index is 5.69. The number of nitrogens with zero attached hydrogens (tertiary/aromatic N) is 3. The third kappa shape index (κ3) is 2.73. The number of hydrogen-bond donors (Lipinski definition) is 1. The van der Waals surface area contributed by atoms with Crippen molar-refractivity contribution in [1.82, 2.24) is 15.3 Å². The van der Waals surface area contributed by atoms with Crippen LogP contribution in [-0.2, 0) is 0 Å². The molecular formula is C15H24N4O. The van der Waals surface area contributed by atoms with Gasteiger partial charge in [-0.2, -0.15) is 4.98 Å². The first-order valence-corrected chi connectivity index (χ1v) is 7.73. The predicted octanol–water partition coefficient (Wildman–Crippen LogP) is 1.76. The van der Waals surface area contributed by atoms with Crippen molar-refractivity contribution in [2.75, 3.05) is 31.1 Å². The van der Waals surface area contributed by atoms with Gasteiger partial charge < -0.3 is 15.0 Å². The highest BCUT2D eigenvalue weighted by Crippen LogP contribution is 2.30. The Morgan fingerprint density at radius 2 is 2.30 bits per heavy atom. The van der Waals surface area contributed by atoms with Crippen LogP contribution in [0.1, 0.15) is 31.9 Å². The van der Waals surface area contributed by atoms with Gasteiger partial charge in [-0.1, -0.05) is 6.92 Å². The van der Waals surface area contributed by atoms with Crippen molar-refractivity contribution in [1.29, 1.82) is 0 Å². The largest absolute Gasteiger partial charge is 0.478 e. The summed E-state index contributed by atoms with van der Waals surface area (Å²) in [6, 6.07) is 2.47. The summed E-state index contributed by atoms with van der Waals surface area (Å²) in [5.41, 5.74) is 0.981. The molecule has 0 aromatic carbocycles. The Balaban J connectivity index is 1.82. The van der Waals surface area contributed by atoms with Gasteiger partial charge in [0.1, 0.15) is 0 Å². The maximum Gasteiger partial charge on any atom is 0.229 e. The number of nitrogens with one attached hydrogen (secondary N) is 1. The number of ether oxygens (including phenoxy) is 1. The van der Waals surface area contributed by atoms with Crippen molar-refractivity contribution in [2.45, 2.75) is 39.2 Å². The SMILES string of the molecule is CCCOc1cc(C)nc(N2CCCC3CNCC32)n1. The molecule has 2 fully saturated rings. The van der Waals surface area contributed by atoms with E-state index in [1.54, 1.807) is 0 Å². The highest BCUT2D eigenvalue weighted by atomic mass is 16.5. The number of hydrogen-bond acceptors (Lipinski definition) is 5. The molecule has 0 saturated carbocycles. The fourth-order valence-corrected chi connectivity index (χ4v) is 3.25. The highest BCUT2D eigenvalue weighted by Gasteiger charge is 2.36. The number of anilines is 1. The number of piperidine rings is 1. The van der Waals surface area contributed by atoms with Gasteiger partial charge in [0.05, 0.1) is 6.61 Å². The van der Waals surface area contributed by atoms with Crippen LogP contribution in [0.4, 0.5) is 5.95 Å². The first kappa shape index (κ1) is 13.6. The molecule has 0 radical (unpaired) electrons. The van der Waals surface area contributed by atoms with Crippen LogP contribution in [0.3, 0.4) is 0 Å². The van der Waals surface area contributed by atoms with Gasteiger partial charge in [0.25, 0.3) is 0 Å². The van der Waals surface area contributed by atoms with Crippen LogP contribution in [-0.4, -0.2) is 42.3 Å². The average Bonchev–Trinajstić information content (AvgIpc) is 2.92. The minimum Gasteiger partial charge on any atom is -0.478 e. The molecular weight excluding hydrogens is 252 g/mol. The van der Waals surface area contributed by atoms with Crippen molar-refractivity contribution < 1.29 is 4.74 Å². The van der Waals surface area contributed by atoms with Gasteiger partial charge in [0.15, 0.2) is 0 Å². The number of aromatic nitrogens is 2. The summed E-state index contributed by atoms with van der Waals surface area (Å²) in [4.78, 5) is 11.6. The van der Waals surface area contributed by atoms with Gasteiger partial charge in [-0.05, 0) is 32.1 Å². The molecule has 2 saturated heterocycles. The summed E-state index contributed by atoms with van der Waals surface area (Å²) in [5.74, 6) is 2.30. The molecule has 3 heterocycles. The fourth-order valence-electron chi connectivity index (χ4n) is 3.25. The van der Waals surface area contributed by atoms with Gasteiger partial charge in [-0.15, -0.1) is 0 Å². The van der Waals surface area contributed by atoms with Crippen molar-refractivity contribution in [3.63, 3.8) is 0 Å². The van der Waals surface area contributed by atoms with E-state index < -0.39 is 0 Å². The third-order valence-corrected chi connectivity index (χ3v) is 4.21. The molecule has 1 aromatic rings. The normalized spacial score (nSPS) is 25.6. The van der Waals surface area contributed by atoms with Crippen LogP contribution >= 0.6 is 0 Å². The monoisotopic (exact) mass is 276 g/mol. The lowest BCUT2D eigenvalue weighted by Crippen LogP contribution is -2.46. The first-order chi connectivity index (χ1) is 9.78. The Labute approximate surface area is 120 Å². The predicted molar refractivity (Wildman–Crippen MR) is 79.3 cm³/mol. The van der Waals surface area contributed by atoms with Crippen molar-refractivity contribution in [3.05, 3.63) is 11.8 Å². The van der Waals surface area contributed by atoms with Gasteiger partial charge in [-0.25, -0.2) is 4.98 Å². The minimum atomic E-state index is 0.546. The molecule has 2 atom stereocenters. The van der Waals surface area contributed by atoms with Crippen LogP contribution < -0.4 is 15.0 Å². The van der Waals surface area contributed by atoms with E-state index in [2.05, 4.69) is 27.1 Å². The minimum absolute atomic E-state index is 0.546. The smallest absolute Gasteiger partial charge is 0.229 e. The first-order valence-electron chi connectivity index (χ1n) is 7.73. The second kappa shape index (κ2) is 5.95. The third-order valence-electron chi connectivity index (χ3n) is 4.21. The van der Waals surface area contributed by atoms with Gasteiger partial charge >= 0.3 is 0 Å². The molecule has 2 aliphatic heterocycles. The summed E-state index contributed by atoms with van der Waals surface area (Å²) < 4.78 is 5.69. The van der Waals surface area contributed by atoms with Crippen molar-refractivity contribution in [2.24, 2.45) is 5.92 Å². The Hall–Kier alpha value is -1.36. The van der Waals surface area contributed by atoms with E-state index in [0.29, 0.717) is 18.5 Å². The zero-order valence-electron chi connectivity index (χ0n) is 12.4. The van der Waals surface area contributed by atoms with Crippen LogP contribution in [0.25, 0.3) is 0 Å². The topological polar surface area (TPSA) is 50.3 Å². The Bertz CT molecular complexity index is 465. The highest BCUT2D eigenvalue weighted by molar-refractivity contribution is 5.37. The van der Waals surface area contributed by atoms with E-state index in [0.717, 1.165) is 43.6 Å². The second-order valence-electron chi connectivity index (χ2n) is 5.82. The lowest BCUT2D eigenvalue weighted by molar-refractivity contribution is 0.303. The molecule has 3 rings (SSSR count). The zero-order chi connectivity index (χ0) is 13.9. The van der Waals surface area contributed by atoms with Crippen LogP contribution in [0.5, 0.6) is 5.88 Å². The molecule has 0 spiro atoms. The Kier molecular flexibility index (Phi) is 4.05. The van der Waals surface area contributed by atoms with Crippen LogP contribution in [0.15, 0.2) is 6.07 Å². The van der Waals surface area contributed by atoms with Gasteiger partial charge in [-0.3, -0.25) is 0 Å². The molecule has 2 unspecified atom stereocenters. The number of fused-ring (bicyclic) bond motifs is 1. The van der Waals surface area contributed by atoms with E-state index >= 15 is 0 Å². The molecule has 5 heteroatoms. The zero-order valence-corrected chi connectivity index (χ0v) is 12.4. The van der Waals surface area contributed by atoms with Gasteiger partial charge in [0.2, 0.25) is 11.8 Å². The number of aryl methyl sites for hydroxylation is 1. The van der Waals surface area contributed by atoms with E-state index in [1.807, 2.05) is 13.0 Å². The van der Waals surface area contributed by atoms with E-state index in [9.17, 15) is 0 Å². The summed E-state index contributed by atoms with van der Waals surface area (Å²) in [6.45, 7) is 8.06. The molecule has 5 nitrogen and oxygen atoms in total. The standard InChI is InChI=1S/C15H24N4O/c1-3-7-20-14-8-11(2)17-15(18-14)19-6-4-5-12-9-16-10-13(12)19/h8,12-13,16H,3-7,9-10H2,1-2H3. The van der Waals surface area contributed by atoms with E-state index in [-0.39, 0.29) is 0 Å². The van der Waals surface area contributed by atoms with E-state index in [4.69, 9.17) is 4.74 Å². The molecule has 0 bridgehead atoms. The fraction of sp³-hybridized carbons (Fsp3) is 0.733. The van der Waals surface area contributed by atoms with Crippen LogP contribution in [0, 0.1) is 12.8 Å². The van der Waals surface area contributed by atoms with Crippen molar-refractivity contribution >= 4 is 5.95 Å². The molecule has 1 N–H and O–H groups in total. The molecule has 20 heavy (non-hydrogen) atoms. The van der Waals surface area contributed by atoms with Crippen molar-refractivity contribution in [3.8, 4) is 5.88 Å². The van der Waals surface area contributed by atoms with E-state index in [1.165, 1.54) is 12.8 Å². The maximum absolute atomic E-state index is 5.69. The van der Waals surface area contributed by atoms with Gasteiger partial charge in [0, 0.05) is 37.4 Å². The lowest BCUT2D eigenvalue weighted by atomic mass is 9.92.